The van der Waals surface area contributed by atoms with Gasteiger partial charge in [0.2, 0.25) is 0 Å². The van der Waals surface area contributed by atoms with E-state index in [1.807, 2.05) is 24.4 Å². The van der Waals surface area contributed by atoms with Crippen LogP contribution in [0.3, 0.4) is 0 Å². The number of pyridine rings is 1. The monoisotopic (exact) mass is 286 g/mol. The first-order chi connectivity index (χ1) is 10.1. The third-order valence-corrected chi connectivity index (χ3v) is 3.81. The summed E-state index contributed by atoms with van der Waals surface area (Å²) in [5, 5.41) is 1.05. The highest BCUT2D eigenvalue weighted by Gasteiger charge is 2.09. The van der Waals surface area contributed by atoms with Crippen molar-refractivity contribution in [3.05, 3.63) is 36.0 Å². The number of nitrogens with two attached hydrogens (primary N) is 1. The lowest BCUT2D eigenvalue weighted by atomic mass is 10.1. The Morgan fingerprint density at radius 1 is 1.14 bits per heavy atom. The molecule has 114 valence electrons. The second-order valence-electron chi connectivity index (χ2n) is 5.74. The van der Waals surface area contributed by atoms with Crippen molar-refractivity contribution in [2.75, 3.05) is 39.5 Å². The summed E-state index contributed by atoms with van der Waals surface area (Å²) >= 11 is 0. The van der Waals surface area contributed by atoms with Crippen LogP contribution in [0.1, 0.15) is 18.9 Å². The number of hydrogen-bond acceptors (Lipinski definition) is 4. The number of nitrogen functional groups attached to an aromatic ring is 1. The molecule has 0 spiro atoms. The lowest BCUT2D eigenvalue weighted by Crippen LogP contribution is -2.27. The predicted molar refractivity (Wildman–Crippen MR) is 90.3 cm³/mol. The highest BCUT2D eigenvalue weighted by Crippen LogP contribution is 2.23. The van der Waals surface area contributed by atoms with Gasteiger partial charge < -0.3 is 10.6 Å². The summed E-state index contributed by atoms with van der Waals surface area (Å²) in [5.74, 6) is 0. The molecule has 0 aliphatic carbocycles. The highest BCUT2D eigenvalue weighted by atomic mass is 15.1. The maximum Gasteiger partial charge on any atom is 0.0767 e. The molecule has 1 aromatic carbocycles. The molecule has 1 heterocycles. The molecule has 0 saturated heterocycles. The van der Waals surface area contributed by atoms with E-state index in [9.17, 15) is 0 Å². The fraction of sp³-hybridized carbons (Fsp3) is 0.471. The van der Waals surface area contributed by atoms with Gasteiger partial charge in [-0.2, -0.15) is 0 Å². The van der Waals surface area contributed by atoms with E-state index in [1.165, 1.54) is 12.0 Å². The van der Waals surface area contributed by atoms with Crippen LogP contribution in [0.2, 0.25) is 0 Å². The third kappa shape index (κ3) is 4.16. The Morgan fingerprint density at radius 2 is 1.95 bits per heavy atom. The number of nitrogens with zero attached hydrogens (tertiary/aromatic N) is 3. The Kier molecular flexibility index (Phi) is 5.53. The number of anilines is 1. The van der Waals surface area contributed by atoms with Gasteiger partial charge in [-0.15, -0.1) is 0 Å². The van der Waals surface area contributed by atoms with Crippen LogP contribution >= 0.6 is 0 Å². The maximum atomic E-state index is 6.04. The van der Waals surface area contributed by atoms with Gasteiger partial charge in [-0.3, -0.25) is 9.88 Å². The SMILES string of the molecule is CCN(CCCN(C)C)Cc1ccc(N)c2cccnc12. The molecule has 1 aromatic heterocycles. The van der Waals surface area contributed by atoms with Gasteiger partial charge in [0, 0.05) is 23.8 Å². The van der Waals surface area contributed by atoms with Crippen molar-refractivity contribution in [2.24, 2.45) is 0 Å². The zero-order chi connectivity index (χ0) is 15.2. The minimum atomic E-state index is 0.803. The van der Waals surface area contributed by atoms with Gasteiger partial charge in [0.15, 0.2) is 0 Å². The van der Waals surface area contributed by atoms with Gasteiger partial charge in [0.1, 0.15) is 0 Å². The third-order valence-electron chi connectivity index (χ3n) is 3.81. The minimum Gasteiger partial charge on any atom is -0.398 e. The predicted octanol–water partition coefficient (Wildman–Crippen LogP) is 2.59. The molecule has 0 aliphatic rings. The fourth-order valence-corrected chi connectivity index (χ4v) is 2.58. The van der Waals surface area contributed by atoms with E-state index in [4.69, 9.17) is 5.73 Å². The topological polar surface area (TPSA) is 45.4 Å². The average molecular weight is 286 g/mol. The van der Waals surface area contributed by atoms with Crippen molar-refractivity contribution in [2.45, 2.75) is 19.9 Å². The highest BCUT2D eigenvalue weighted by molar-refractivity contribution is 5.92. The molecular weight excluding hydrogens is 260 g/mol. The lowest BCUT2D eigenvalue weighted by molar-refractivity contribution is 0.260. The molecule has 0 unspecified atom stereocenters. The number of rotatable bonds is 7. The number of hydrogen-bond donors (Lipinski definition) is 1. The molecule has 0 saturated carbocycles. The van der Waals surface area contributed by atoms with Gasteiger partial charge in [-0.1, -0.05) is 13.0 Å². The van der Waals surface area contributed by atoms with Crippen molar-refractivity contribution in [3.8, 4) is 0 Å². The Labute approximate surface area is 127 Å². The van der Waals surface area contributed by atoms with Crippen molar-refractivity contribution in [1.29, 1.82) is 0 Å². The van der Waals surface area contributed by atoms with E-state index < -0.39 is 0 Å². The summed E-state index contributed by atoms with van der Waals surface area (Å²) in [5.41, 5.74) is 9.13. The Balaban J connectivity index is 2.12. The molecule has 4 nitrogen and oxygen atoms in total. The number of benzene rings is 1. The molecule has 0 amide bonds. The first-order valence-corrected chi connectivity index (χ1v) is 7.61. The van der Waals surface area contributed by atoms with Crippen LogP contribution < -0.4 is 5.73 Å². The van der Waals surface area contributed by atoms with Crippen molar-refractivity contribution < 1.29 is 0 Å². The summed E-state index contributed by atoms with van der Waals surface area (Å²) in [6, 6.07) is 8.09. The van der Waals surface area contributed by atoms with Gasteiger partial charge in [0.25, 0.3) is 0 Å². The largest absolute Gasteiger partial charge is 0.398 e. The standard InChI is InChI=1S/C17H26N4/c1-4-21(12-6-11-20(2)3)13-14-8-9-16(18)15-7-5-10-19-17(14)15/h5,7-10H,4,6,11-13,18H2,1-3H3. The van der Waals surface area contributed by atoms with E-state index in [1.54, 1.807) is 0 Å². The molecule has 0 aliphatic heterocycles. The summed E-state index contributed by atoms with van der Waals surface area (Å²) in [6.07, 6.45) is 3.02. The minimum absolute atomic E-state index is 0.803. The summed E-state index contributed by atoms with van der Waals surface area (Å²) in [7, 11) is 4.24. The van der Waals surface area contributed by atoms with Crippen LogP contribution in [0.15, 0.2) is 30.5 Å². The van der Waals surface area contributed by atoms with E-state index in [-0.39, 0.29) is 0 Å². The fourth-order valence-electron chi connectivity index (χ4n) is 2.58. The maximum absolute atomic E-state index is 6.04. The molecule has 0 bridgehead atoms. The summed E-state index contributed by atoms with van der Waals surface area (Å²) < 4.78 is 0. The Bertz CT molecular complexity index is 580. The summed E-state index contributed by atoms with van der Waals surface area (Å²) in [4.78, 5) is 9.21. The van der Waals surface area contributed by atoms with Crippen LogP contribution in [0.4, 0.5) is 5.69 Å². The first kappa shape index (κ1) is 15.7. The van der Waals surface area contributed by atoms with Crippen LogP contribution in [0.5, 0.6) is 0 Å². The molecule has 4 heteroatoms. The molecule has 0 atom stereocenters. The molecule has 2 N–H and O–H groups in total. The zero-order valence-corrected chi connectivity index (χ0v) is 13.3. The van der Waals surface area contributed by atoms with Crippen LogP contribution in [-0.4, -0.2) is 48.5 Å². The van der Waals surface area contributed by atoms with Crippen LogP contribution in [0.25, 0.3) is 10.9 Å². The Hall–Kier alpha value is -1.65. The molecule has 0 radical (unpaired) electrons. The molecular formula is C17H26N4. The normalized spacial score (nSPS) is 11.7. The van der Waals surface area contributed by atoms with E-state index >= 15 is 0 Å². The van der Waals surface area contributed by atoms with Crippen molar-refractivity contribution in [3.63, 3.8) is 0 Å². The first-order valence-electron chi connectivity index (χ1n) is 7.61. The Morgan fingerprint density at radius 3 is 2.67 bits per heavy atom. The summed E-state index contributed by atoms with van der Waals surface area (Å²) in [6.45, 7) is 6.41. The second-order valence-corrected chi connectivity index (χ2v) is 5.74. The van der Waals surface area contributed by atoms with Gasteiger partial charge in [-0.25, -0.2) is 0 Å². The smallest absolute Gasteiger partial charge is 0.0767 e. The molecule has 2 rings (SSSR count). The van der Waals surface area contributed by atoms with Crippen molar-refractivity contribution >= 4 is 16.6 Å². The van der Waals surface area contributed by atoms with E-state index in [0.29, 0.717) is 0 Å². The van der Waals surface area contributed by atoms with Crippen LogP contribution in [-0.2, 0) is 6.54 Å². The molecule has 21 heavy (non-hydrogen) atoms. The van der Waals surface area contributed by atoms with Gasteiger partial charge >= 0.3 is 0 Å². The van der Waals surface area contributed by atoms with E-state index in [2.05, 4.69) is 41.9 Å². The van der Waals surface area contributed by atoms with E-state index in [0.717, 1.165) is 42.8 Å². The zero-order valence-electron chi connectivity index (χ0n) is 13.3. The van der Waals surface area contributed by atoms with Gasteiger partial charge in [0.05, 0.1) is 5.52 Å². The average Bonchev–Trinajstić information content (AvgIpc) is 2.48. The molecule has 0 fully saturated rings. The second kappa shape index (κ2) is 7.38. The number of aromatic nitrogens is 1. The lowest BCUT2D eigenvalue weighted by Gasteiger charge is -2.22. The van der Waals surface area contributed by atoms with Gasteiger partial charge in [-0.05, 0) is 63.9 Å². The molecule has 2 aromatic rings. The van der Waals surface area contributed by atoms with Crippen LogP contribution in [0, 0.1) is 0 Å². The quantitative estimate of drug-likeness (QED) is 0.795. The number of fused-ring (bicyclic) bond motifs is 1. The van der Waals surface area contributed by atoms with Crippen molar-refractivity contribution in [1.82, 2.24) is 14.8 Å².